The van der Waals surface area contributed by atoms with Gasteiger partial charge in [-0.15, -0.1) is 0 Å². The molecule has 0 aromatic heterocycles. The molecule has 2 heterocycles. The quantitative estimate of drug-likeness (QED) is 0.508. The molecule has 10 atom stereocenters. The van der Waals surface area contributed by atoms with Crippen LogP contribution in [-0.4, -0.2) is 48.3 Å². The number of nitrogens with zero attached hydrogens (tertiary/aromatic N) is 1. The van der Waals surface area contributed by atoms with Gasteiger partial charge in [0.15, 0.2) is 0 Å². The van der Waals surface area contributed by atoms with Gasteiger partial charge in [-0.05, 0) is 100.0 Å². The van der Waals surface area contributed by atoms with E-state index in [4.69, 9.17) is 9.47 Å². The summed E-state index contributed by atoms with van der Waals surface area (Å²) in [6, 6.07) is 0.447. The lowest BCUT2D eigenvalue weighted by molar-refractivity contribution is -0.164. The fourth-order valence-electron chi connectivity index (χ4n) is 9.29. The van der Waals surface area contributed by atoms with Crippen LogP contribution in [0.25, 0.3) is 0 Å². The number of ether oxygens (including phenoxy) is 2. The van der Waals surface area contributed by atoms with Gasteiger partial charge < -0.3 is 9.47 Å². The lowest BCUT2D eigenvalue weighted by atomic mass is 9.45. The summed E-state index contributed by atoms with van der Waals surface area (Å²) in [6.07, 6.45) is 13.1. The number of hydrogen-bond acceptors (Lipinski definition) is 4. The maximum Gasteiger partial charge on any atom is 0.302 e. The molecule has 4 nitrogen and oxygen atoms in total. The van der Waals surface area contributed by atoms with E-state index in [2.05, 4.69) is 18.7 Å². The Labute approximate surface area is 176 Å². The molecule has 2 aliphatic heterocycles. The Balaban J connectivity index is 1.31. The summed E-state index contributed by atoms with van der Waals surface area (Å²) in [7, 11) is 0. The van der Waals surface area contributed by atoms with Crippen LogP contribution in [0.1, 0.15) is 78.6 Å². The molecule has 0 radical (unpaired) electrons. The van der Waals surface area contributed by atoms with Crippen molar-refractivity contribution in [2.24, 2.45) is 34.5 Å². The van der Waals surface area contributed by atoms with Crippen LogP contribution in [0.3, 0.4) is 0 Å². The van der Waals surface area contributed by atoms with Crippen molar-refractivity contribution < 1.29 is 14.3 Å². The van der Waals surface area contributed by atoms with Gasteiger partial charge >= 0.3 is 5.97 Å². The summed E-state index contributed by atoms with van der Waals surface area (Å²) in [5, 5.41) is 0. The van der Waals surface area contributed by atoms with Gasteiger partial charge in [-0.1, -0.05) is 13.8 Å². The van der Waals surface area contributed by atoms with E-state index in [1.807, 2.05) is 0 Å². The average Bonchev–Trinajstić information content (AvgIpc) is 3.08. The minimum atomic E-state index is -0.0805. The third-order valence-electron chi connectivity index (χ3n) is 10.7. The smallest absolute Gasteiger partial charge is 0.302 e. The highest BCUT2D eigenvalue weighted by Crippen LogP contribution is 2.68. The second-order valence-electron chi connectivity index (χ2n) is 11.9. The Bertz CT molecular complexity index is 690. The Morgan fingerprint density at radius 2 is 1.79 bits per heavy atom. The van der Waals surface area contributed by atoms with Crippen LogP contribution in [0, 0.1) is 34.5 Å². The third kappa shape index (κ3) is 2.73. The first-order chi connectivity index (χ1) is 13.9. The number of likely N-dealkylation sites (tertiary alicyclic amines) is 1. The van der Waals surface area contributed by atoms with E-state index in [1.165, 1.54) is 70.9 Å². The van der Waals surface area contributed by atoms with Crippen LogP contribution in [0.15, 0.2) is 0 Å². The van der Waals surface area contributed by atoms with Crippen molar-refractivity contribution in [3.8, 4) is 0 Å². The first kappa shape index (κ1) is 19.1. The first-order valence-electron chi connectivity index (χ1n) is 12.5. The molecule has 0 amide bonds. The van der Waals surface area contributed by atoms with Crippen LogP contribution >= 0.6 is 0 Å². The Morgan fingerprint density at radius 3 is 2.55 bits per heavy atom. The van der Waals surface area contributed by atoms with E-state index in [9.17, 15) is 4.79 Å². The highest BCUT2D eigenvalue weighted by atomic mass is 16.6. The van der Waals surface area contributed by atoms with E-state index in [1.54, 1.807) is 6.92 Å². The molecule has 0 bridgehead atoms. The highest BCUT2D eigenvalue weighted by molar-refractivity contribution is 5.66. The fourth-order valence-corrected chi connectivity index (χ4v) is 9.29. The summed E-state index contributed by atoms with van der Waals surface area (Å²) in [6.45, 7) is 9.10. The van der Waals surface area contributed by atoms with Gasteiger partial charge in [0.2, 0.25) is 0 Å². The minimum absolute atomic E-state index is 0.0805. The Kier molecular flexibility index (Phi) is 4.25. The number of carbonyl (C=O) groups is 1. The molecule has 4 unspecified atom stereocenters. The predicted octanol–water partition coefficient (Wildman–Crippen LogP) is 4.41. The SMILES string of the molecule is CC(=O)O[C@H]1[C@@H](N2CCCC2)CC2C3CCC4C[C@@H]5O[C@@H]5C[C@]4(C)C3CC[C@@]21C. The second kappa shape index (κ2) is 6.45. The van der Waals surface area contributed by atoms with Crippen LogP contribution < -0.4 is 0 Å². The third-order valence-corrected chi connectivity index (χ3v) is 10.7. The van der Waals surface area contributed by atoms with E-state index in [-0.39, 0.29) is 17.5 Å². The normalized spacial score (nSPS) is 56.1. The molecular weight excluding hydrogens is 362 g/mol. The van der Waals surface area contributed by atoms with Crippen molar-refractivity contribution >= 4 is 5.97 Å². The maximum atomic E-state index is 12.1. The summed E-state index contributed by atoms with van der Waals surface area (Å²) in [4.78, 5) is 14.8. The molecule has 0 N–H and O–H groups in total. The molecule has 6 rings (SSSR count). The molecule has 0 aromatic carbocycles. The van der Waals surface area contributed by atoms with E-state index >= 15 is 0 Å². The van der Waals surface area contributed by atoms with Crippen LogP contribution in [0.4, 0.5) is 0 Å². The maximum absolute atomic E-state index is 12.1. The van der Waals surface area contributed by atoms with Gasteiger partial charge in [0.25, 0.3) is 0 Å². The first-order valence-corrected chi connectivity index (χ1v) is 12.5. The van der Waals surface area contributed by atoms with Crippen molar-refractivity contribution in [3.63, 3.8) is 0 Å². The summed E-state index contributed by atoms with van der Waals surface area (Å²) in [5.74, 6) is 3.17. The predicted molar refractivity (Wildman–Crippen MR) is 111 cm³/mol. The molecule has 29 heavy (non-hydrogen) atoms. The lowest BCUT2D eigenvalue weighted by Gasteiger charge is -2.59. The van der Waals surface area contributed by atoms with Crippen molar-refractivity contribution in [2.75, 3.05) is 13.1 Å². The van der Waals surface area contributed by atoms with Crippen molar-refractivity contribution in [1.82, 2.24) is 4.90 Å². The molecule has 162 valence electrons. The summed E-state index contributed by atoms with van der Waals surface area (Å²) < 4.78 is 12.1. The molecule has 2 saturated heterocycles. The van der Waals surface area contributed by atoms with Gasteiger partial charge in [-0.2, -0.15) is 0 Å². The largest absolute Gasteiger partial charge is 0.460 e. The Hall–Kier alpha value is -0.610. The van der Waals surface area contributed by atoms with Crippen molar-refractivity contribution in [3.05, 3.63) is 0 Å². The molecule has 6 fully saturated rings. The summed E-state index contributed by atoms with van der Waals surface area (Å²) in [5.41, 5.74) is 0.640. The number of rotatable bonds is 2. The van der Waals surface area contributed by atoms with Gasteiger partial charge in [0, 0.05) is 18.4 Å². The second-order valence-corrected chi connectivity index (χ2v) is 11.9. The van der Waals surface area contributed by atoms with Gasteiger partial charge in [0.1, 0.15) is 6.10 Å². The van der Waals surface area contributed by atoms with Crippen LogP contribution in [-0.2, 0) is 14.3 Å². The molecule has 4 aliphatic carbocycles. The van der Waals surface area contributed by atoms with Gasteiger partial charge in [0.05, 0.1) is 12.2 Å². The number of epoxide rings is 1. The standard InChI is InChI=1S/C25H39NO3/c1-15(27)28-23-20(26-10-4-5-11-26)13-19-17-7-6-16-12-21-22(29-21)14-25(16,3)18(17)8-9-24(19,23)2/h16-23H,4-14H2,1-3H3/t16?,17?,18?,19?,20-,21-,22+,23-,24-,25-/m0/s1. The number of carbonyl (C=O) groups excluding carboxylic acids is 1. The number of fused-ring (bicyclic) bond motifs is 6. The molecule has 6 aliphatic rings. The number of hydrogen-bond donors (Lipinski definition) is 0. The zero-order valence-electron chi connectivity index (χ0n) is 18.6. The highest BCUT2D eigenvalue weighted by Gasteiger charge is 2.66. The fraction of sp³-hybridized carbons (Fsp3) is 0.960. The molecular formula is C25H39NO3. The molecule has 4 saturated carbocycles. The van der Waals surface area contributed by atoms with E-state index in [0.717, 1.165) is 17.8 Å². The lowest BCUT2D eigenvalue weighted by Crippen LogP contribution is -2.55. The molecule has 4 heteroatoms. The minimum Gasteiger partial charge on any atom is -0.460 e. The molecule has 0 aromatic rings. The van der Waals surface area contributed by atoms with E-state index in [0.29, 0.717) is 29.6 Å². The van der Waals surface area contributed by atoms with Crippen LogP contribution in [0.5, 0.6) is 0 Å². The van der Waals surface area contributed by atoms with Crippen molar-refractivity contribution in [1.29, 1.82) is 0 Å². The average molecular weight is 402 g/mol. The zero-order chi connectivity index (χ0) is 20.0. The van der Waals surface area contributed by atoms with Crippen molar-refractivity contribution in [2.45, 2.75) is 103 Å². The summed E-state index contributed by atoms with van der Waals surface area (Å²) >= 11 is 0. The van der Waals surface area contributed by atoms with Gasteiger partial charge in [-0.3, -0.25) is 9.69 Å². The molecule has 0 spiro atoms. The van der Waals surface area contributed by atoms with E-state index < -0.39 is 0 Å². The number of esters is 1. The Morgan fingerprint density at radius 1 is 1.00 bits per heavy atom. The van der Waals surface area contributed by atoms with Gasteiger partial charge in [-0.25, -0.2) is 0 Å². The zero-order valence-corrected chi connectivity index (χ0v) is 18.6. The topological polar surface area (TPSA) is 42.1 Å². The monoisotopic (exact) mass is 401 g/mol. The van der Waals surface area contributed by atoms with Crippen LogP contribution in [0.2, 0.25) is 0 Å².